The van der Waals surface area contributed by atoms with E-state index in [0.717, 1.165) is 11.3 Å². The molecule has 0 aliphatic heterocycles. The highest BCUT2D eigenvalue weighted by Crippen LogP contribution is 2.13. The fourth-order valence-corrected chi connectivity index (χ4v) is 2.47. The lowest BCUT2D eigenvalue weighted by atomic mass is 10.2. The van der Waals surface area contributed by atoms with E-state index in [2.05, 4.69) is 5.32 Å². The zero-order valence-corrected chi connectivity index (χ0v) is 14.0. The van der Waals surface area contributed by atoms with E-state index < -0.39 is 5.91 Å². The van der Waals surface area contributed by atoms with Gasteiger partial charge in [-0.2, -0.15) is 0 Å². The lowest BCUT2D eigenvalue weighted by molar-refractivity contribution is 0.0924. The Hall–Kier alpha value is -3.08. The number of benzene rings is 2. The highest BCUT2D eigenvalue weighted by molar-refractivity contribution is 5.93. The molecule has 0 bridgehead atoms. The summed E-state index contributed by atoms with van der Waals surface area (Å²) in [5, 5.41) is 3.20. The van der Waals surface area contributed by atoms with Crippen molar-refractivity contribution in [3.63, 3.8) is 0 Å². The summed E-state index contributed by atoms with van der Waals surface area (Å²) >= 11 is 0. The summed E-state index contributed by atoms with van der Waals surface area (Å²) in [4.78, 5) is 24.1. The number of aryl methyl sites for hydroxylation is 1. The number of nitrogens with one attached hydrogen (secondary N) is 1. The van der Waals surface area contributed by atoms with Gasteiger partial charge in [0.25, 0.3) is 5.91 Å². The molecule has 0 aliphatic rings. The van der Waals surface area contributed by atoms with Crippen molar-refractivity contribution in [3.05, 3.63) is 76.1 Å². The number of ether oxygens (including phenoxy) is 1. The van der Waals surface area contributed by atoms with Gasteiger partial charge in [-0.3, -0.25) is 9.59 Å². The lowest BCUT2D eigenvalue weighted by Crippen LogP contribution is -2.26. The van der Waals surface area contributed by atoms with Crippen LogP contribution in [-0.4, -0.2) is 19.1 Å². The Kier molecular flexibility index (Phi) is 5.14. The molecule has 0 fully saturated rings. The molecule has 128 valence electrons. The minimum absolute atomic E-state index is 0.0169. The SMILES string of the molecule is Cc1cccc(OCCCNC(=O)c2cc(=O)c3ccccc3o2)c1. The predicted octanol–water partition coefficient (Wildman–Crippen LogP) is 3.30. The maximum Gasteiger partial charge on any atom is 0.287 e. The second kappa shape index (κ2) is 7.66. The maximum atomic E-state index is 12.1. The van der Waals surface area contributed by atoms with Gasteiger partial charge in [-0.05, 0) is 43.2 Å². The van der Waals surface area contributed by atoms with Crippen LogP contribution < -0.4 is 15.5 Å². The van der Waals surface area contributed by atoms with Crippen LogP contribution >= 0.6 is 0 Å². The van der Waals surface area contributed by atoms with Gasteiger partial charge in [-0.25, -0.2) is 0 Å². The molecule has 0 aliphatic carbocycles. The zero-order chi connectivity index (χ0) is 17.6. The van der Waals surface area contributed by atoms with Crippen molar-refractivity contribution in [2.45, 2.75) is 13.3 Å². The minimum atomic E-state index is -0.404. The molecule has 0 unspecified atom stereocenters. The molecule has 3 aromatic rings. The molecule has 1 aromatic heterocycles. The van der Waals surface area contributed by atoms with E-state index in [1.54, 1.807) is 24.3 Å². The number of amides is 1. The van der Waals surface area contributed by atoms with Gasteiger partial charge in [0.2, 0.25) is 0 Å². The summed E-state index contributed by atoms with van der Waals surface area (Å²) in [6, 6.07) is 15.9. The van der Waals surface area contributed by atoms with Crippen molar-refractivity contribution in [1.82, 2.24) is 5.32 Å². The summed E-state index contributed by atoms with van der Waals surface area (Å²) in [6.45, 7) is 2.93. The predicted molar refractivity (Wildman–Crippen MR) is 96.1 cm³/mol. The summed E-state index contributed by atoms with van der Waals surface area (Å²) < 4.78 is 11.1. The minimum Gasteiger partial charge on any atom is -0.494 e. The third-order valence-electron chi connectivity index (χ3n) is 3.72. The Morgan fingerprint density at radius 1 is 1.12 bits per heavy atom. The van der Waals surface area contributed by atoms with E-state index in [1.807, 2.05) is 31.2 Å². The second-order valence-corrected chi connectivity index (χ2v) is 5.75. The molecule has 2 aromatic carbocycles. The van der Waals surface area contributed by atoms with Crippen LogP contribution in [0.2, 0.25) is 0 Å². The van der Waals surface area contributed by atoms with Gasteiger partial charge in [0.1, 0.15) is 11.3 Å². The topological polar surface area (TPSA) is 68.5 Å². The molecule has 0 saturated heterocycles. The number of carbonyl (C=O) groups is 1. The van der Waals surface area contributed by atoms with Gasteiger partial charge < -0.3 is 14.5 Å². The number of fused-ring (bicyclic) bond motifs is 1. The van der Waals surface area contributed by atoms with Crippen molar-refractivity contribution >= 4 is 16.9 Å². The van der Waals surface area contributed by atoms with Crippen LogP contribution in [0.25, 0.3) is 11.0 Å². The molecule has 5 nitrogen and oxygen atoms in total. The highest BCUT2D eigenvalue weighted by Gasteiger charge is 2.11. The molecule has 0 radical (unpaired) electrons. The first-order chi connectivity index (χ1) is 12.1. The Bertz CT molecular complexity index is 946. The fraction of sp³-hybridized carbons (Fsp3) is 0.200. The maximum absolute atomic E-state index is 12.1. The molecule has 1 heterocycles. The Morgan fingerprint density at radius 2 is 1.96 bits per heavy atom. The molecule has 5 heteroatoms. The van der Waals surface area contributed by atoms with Crippen molar-refractivity contribution < 1.29 is 13.9 Å². The number of hydrogen-bond donors (Lipinski definition) is 1. The Morgan fingerprint density at radius 3 is 2.80 bits per heavy atom. The lowest BCUT2D eigenvalue weighted by Gasteiger charge is -2.08. The third kappa shape index (κ3) is 4.26. The quantitative estimate of drug-likeness (QED) is 0.701. The van der Waals surface area contributed by atoms with Gasteiger partial charge in [-0.1, -0.05) is 24.3 Å². The van der Waals surface area contributed by atoms with E-state index in [9.17, 15) is 9.59 Å². The third-order valence-corrected chi connectivity index (χ3v) is 3.72. The van der Waals surface area contributed by atoms with Gasteiger partial charge >= 0.3 is 0 Å². The highest BCUT2D eigenvalue weighted by atomic mass is 16.5. The van der Waals surface area contributed by atoms with Crippen molar-refractivity contribution in [1.29, 1.82) is 0 Å². The molecule has 0 saturated carbocycles. The average molecular weight is 337 g/mol. The van der Waals surface area contributed by atoms with Crippen molar-refractivity contribution in [2.24, 2.45) is 0 Å². The van der Waals surface area contributed by atoms with E-state index >= 15 is 0 Å². The standard InChI is InChI=1S/C20H19NO4/c1-14-6-4-7-15(12-14)24-11-5-10-21-20(23)19-13-17(22)16-8-2-3-9-18(16)25-19/h2-4,6-9,12-13H,5,10-11H2,1H3,(H,21,23). The average Bonchev–Trinajstić information content (AvgIpc) is 2.61. The van der Waals surface area contributed by atoms with Gasteiger partial charge in [0, 0.05) is 12.6 Å². The number of carbonyl (C=O) groups excluding carboxylic acids is 1. The first kappa shape index (κ1) is 16.8. The molecule has 25 heavy (non-hydrogen) atoms. The largest absolute Gasteiger partial charge is 0.494 e. The van der Waals surface area contributed by atoms with Gasteiger partial charge in [0.15, 0.2) is 11.2 Å². The van der Waals surface area contributed by atoms with E-state index in [1.165, 1.54) is 6.07 Å². The molecular weight excluding hydrogens is 318 g/mol. The van der Waals surface area contributed by atoms with Gasteiger partial charge in [-0.15, -0.1) is 0 Å². The summed E-state index contributed by atoms with van der Waals surface area (Å²) in [5.41, 5.74) is 1.31. The monoisotopic (exact) mass is 337 g/mol. The molecule has 3 rings (SSSR count). The van der Waals surface area contributed by atoms with Crippen molar-refractivity contribution in [2.75, 3.05) is 13.2 Å². The van der Waals surface area contributed by atoms with Crippen LogP contribution in [0.4, 0.5) is 0 Å². The molecule has 1 N–H and O–H groups in total. The molecule has 0 atom stereocenters. The fourth-order valence-electron chi connectivity index (χ4n) is 2.47. The number of para-hydroxylation sites is 1. The number of hydrogen-bond acceptors (Lipinski definition) is 4. The summed E-state index contributed by atoms with van der Waals surface area (Å²) in [7, 11) is 0. The van der Waals surface area contributed by atoms with E-state index in [4.69, 9.17) is 9.15 Å². The zero-order valence-electron chi connectivity index (χ0n) is 14.0. The second-order valence-electron chi connectivity index (χ2n) is 5.75. The van der Waals surface area contributed by atoms with E-state index in [-0.39, 0.29) is 11.2 Å². The van der Waals surface area contributed by atoms with Crippen LogP contribution in [-0.2, 0) is 0 Å². The normalized spacial score (nSPS) is 10.6. The molecular formula is C20H19NO4. The van der Waals surface area contributed by atoms with Crippen molar-refractivity contribution in [3.8, 4) is 5.75 Å². The summed E-state index contributed by atoms with van der Waals surface area (Å²) in [5.74, 6) is 0.425. The Balaban J connectivity index is 1.52. The van der Waals surface area contributed by atoms with E-state index in [0.29, 0.717) is 30.5 Å². The summed E-state index contributed by atoms with van der Waals surface area (Å²) in [6.07, 6.45) is 0.650. The van der Waals surface area contributed by atoms with Crippen LogP contribution in [0.3, 0.4) is 0 Å². The molecule has 0 spiro atoms. The van der Waals surface area contributed by atoms with Gasteiger partial charge in [0.05, 0.1) is 12.0 Å². The first-order valence-corrected chi connectivity index (χ1v) is 8.14. The number of rotatable bonds is 6. The first-order valence-electron chi connectivity index (χ1n) is 8.14. The molecule has 1 amide bonds. The van der Waals surface area contributed by atoms with Crippen LogP contribution in [0.15, 0.2) is 63.8 Å². The Labute approximate surface area is 145 Å². The van der Waals surface area contributed by atoms with Crippen LogP contribution in [0.5, 0.6) is 5.75 Å². The smallest absolute Gasteiger partial charge is 0.287 e. The van der Waals surface area contributed by atoms with Crippen LogP contribution in [0, 0.1) is 6.92 Å². The van der Waals surface area contributed by atoms with Crippen LogP contribution in [0.1, 0.15) is 22.5 Å².